The molecular weight excluding hydrogens is 376 g/mol. The molecule has 2 aromatic heterocycles. The van der Waals surface area contributed by atoms with Gasteiger partial charge in [0.1, 0.15) is 0 Å². The third-order valence-corrected chi connectivity index (χ3v) is 5.10. The second kappa shape index (κ2) is 7.83. The minimum atomic E-state index is -0.382. The number of aryl methyl sites for hydroxylation is 2. The van der Waals surface area contributed by atoms with Crippen molar-refractivity contribution < 1.29 is 9.59 Å². The predicted molar refractivity (Wildman–Crippen MR) is 118 cm³/mol. The fourth-order valence-electron chi connectivity index (χ4n) is 3.34. The molecule has 2 aromatic carbocycles. The molecule has 0 saturated heterocycles. The Kier molecular flexibility index (Phi) is 5.06. The zero-order valence-corrected chi connectivity index (χ0v) is 17.1. The van der Waals surface area contributed by atoms with Crippen LogP contribution in [0.25, 0.3) is 5.52 Å². The van der Waals surface area contributed by atoms with Gasteiger partial charge in [-0.1, -0.05) is 30.3 Å². The van der Waals surface area contributed by atoms with Crippen LogP contribution in [-0.2, 0) is 0 Å². The van der Waals surface area contributed by atoms with Crippen LogP contribution < -0.4 is 10.6 Å². The Morgan fingerprint density at radius 1 is 0.867 bits per heavy atom. The SMILES string of the molecule is Cc1cccc(NC(=O)c2nc(C(=O)Nc3cccc(C)c3C)c3ccccn23)c1. The van der Waals surface area contributed by atoms with Gasteiger partial charge in [-0.2, -0.15) is 0 Å². The summed E-state index contributed by atoms with van der Waals surface area (Å²) in [6.07, 6.45) is 1.72. The van der Waals surface area contributed by atoms with Crippen LogP contribution in [0.4, 0.5) is 11.4 Å². The van der Waals surface area contributed by atoms with Gasteiger partial charge in [0.25, 0.3) is 11.8 Å². The maximum absolute atomic E-state index is 13.0. The lowest BCUT2D eigenvalue weighted by Gasteiger charge is -2.09. The molecule has 2 N–H and O–H groups in total. The van der Waals surface area contributed by atoms with Crippen LogP contribution in [0, 0.1) is 20.8 Å². The first-order valence-corrected chi connectivity index (χ1v) is 9.66. The molecule has 6 nitrogen and oxygen atoms in total. The fourth-order valence-corrected chi connectivity index (χ4v) is 3.34. The normalized spacial score (nSPS) is 10.8. The van der Waals surface area contributed by atoms with Gasteiger partial charge < -0.3 is 10.6 Å². The van der Waals surface area contributed by atoms with E-state index in [4.69, 9.17) is 0 Å². The number of anilines is 2. The first kappa shape index (κ1) is 19.4. The highest BCUT2D eigenvalue weighted by Gasteiger charge is 2.22. The quantitative estimate of drug-likeness (QED) is 0.520. The van der Waals surface area contributed by atoms with Crippen LogP contribution in [0.3, 0.4) is 0 Å². The van der Waals surface area contributed by atoms with Gasteiger partial charge >= 0.3 is 0 Å². The molecule has 0 atom stereocenters. The standard InChI is InChI=1S/C24H22N4O2/c1-15-8-6-10-18(14-15)25-24(30)22-27-21(20-12-4-5-13-28(20)22)23(29)26-19-11-7-9-16(2)17(19)3/h4-14H,1-3H3,(H,25,30)(H,26,29). The molecule has 0 unspecified atom stereocenters. The van der Waals surface area contributed by atoms with Crippen molar-refractivity contribution in [1.29, 1.82) is 0 Å². The van der Waals surface area contributed by atoms with Crippen LogP contribution in [0.5, 0.6) is 0 Å². The summed E-state index contributed by atoms with van der Waals surface area (Å²) in [7, 11) is 0. The molecule has 0 radical (unpaired) electrons. The summed E-state index contributed by atoms with van der Waals surface area (Å²) in [5.74, 6) is -0.590. The first-order chi connectivity index (χ1) is 14.4. The Bertz CT molecular complexity index is 1270. The molecule has 30 heavy (non-hydrogen) atoms. The van der Waals surface area contributed by atoms with E-state index in [0.717, 1.165) is 22.4 Å². The third kappa shape index (κ3) is 3.67. The highest BCUT2D eigenvalue weighted by Crippen LogP contribution is 2.21. The van der Waals surface area contributed by atoms with Crippen LogP contribution in [0.1, 0.15) is 37.8 Å². The largest absolute Gasteiger partial charge is 0.320 e. The molecule has 4 aromatic rings. The maximum atomic E-state index is 13.0. The Morgan fingerprint density at radius 2 is 1.67 bits per heavy atom. The number of nitrogens with one attached hydrogen (secondary N) is 2. The van der Waals surface area contributed by atoms with Crippen LogP contribution >= 0.6 is 0 Å². The van der Waals surface area contributed by atoms with Crippen molar-refractivity contribution in [3.63, 3.8) is 0 Å². The lowest BCUT2D eigenvalue weighted by atomic mass is 10.1. The van der Waals surface area contributed by atoms with E-state index < -0.39 is 0 Å². The molecule has 0 aliphatic carbocycles. The second-order valence-corrected chi connectivity index (χ2v) is 7.27. The number of nitrogens with zero attached hydrogens (tertiary/aromatic N) is 2. The highest BCUT2D eigenvalue weighted by molar-refractivity contribution is 6.10. The van der Waals surface area contributed by atoms with Gasteiger partial charge in [0.15, 0.2) is 5.69 Å². The van der Waals surface area contributed by atoms with E-state index in [-0.39, 0.29) is 23.3 Å². The van der Waals surface area contributed by atoms with Crippen molar-refractivity contribution in [3.05, 3.63) is 95.1 Å². The molecule has 0 aliphatic heterocycles. The van der Waals surface area contributed by atoms with Gasteiger partial charge in [0, 0.05) is 17.6 Å². The van der Waals surface area contributed by atoms with Gasteiger partial charge in [-0.05, 0) is 67.8 Å². The van der Waals surface area contributed by atoms with E-state index in [1.165, 1.54) is 0 Å². The van der Waals surface area contributed by atoms with Crippen molar-refractivity contribution in [3.8, 4) is 0 Å². The number of fused-ring (bicyclic) bond motifs is 1. The lowest BCUT2D eigenvalue weighted by molar-refractivity contribution is 0.101. The van der Waals surface area contributed by atoms with Crippen molar-refractivity contribution in [1.82, 2.24) is 9.38 Å². The average molecular weight is 398 g/mol. The molecule has 2 heterocycles. The minimum Gasteiger partial charge on any atom is -0.320 e. The van der Waals surface area contributed by atoms with Gasteiger partial charge in [-0.25, -0.2) is 4.98 Å². The Balaban J connectivity index is 1.69. The minimum absolute atomic E-state index is 0.151. The molecule has 150 valence electrons. The van der Waals surface area contributed by atoms with E-state index in [0.29, 0.717) is 11.2 Å². The highest BCUT2D eigenvalue weighted by atomic mass is 16.2. The number of amides is 2. The van der Waals surface area contributed by atoms with Crippen molar-refractivity contribution in [2.75, 3.05) is 10.6 Å². The molecular formula is C24H22N4O2. The van der Waals surface area contributed by atoms with E-state index >= 15 is 0 Å². The van der Waals surface area contributed by atoms with Gasteiger partial charge in [0.05, 0.1) is 5.52 Å². The lowest BCUT2D eigenvalue weighted by Crippen LogP contribution is -2.17. The van der Waals surface area contributed by atoms with Crippen molar-refractivity contribution in [2.45, 2.75) is 20.8 Å². The summed E-state index contributed by atoms with van der Waals surface area (Å²) in [6.45, 7) is 5.90. The number of hydrogen-bond acceptors (Lipinski definition) is 3. The molecule has 0 aliphatic rings. The van der Waals surface area contributed by atoms with E-state index in [1.807, 2.05) is 69.3 Å². The number of aromatic nitrogens is 2. The second-order valence-electron chi connectivity index (χ2n) is 7.27. The monoisotopic (exact) mass is 398 g/mol. The summed E-state index contributed by atoms with van der Waals surface area (Å²) < 4.78 is 1.63. The number of pyridine rings is 1. The summed E-state index contributed by atoms with van der Waals surface area (Å²) in [6, 6.07) is 18.6. The fraction of sp³-hybridized carbons (Fsp3) is 0.125. The topological polar surface area (TPSA) is 75.5 Å². The summed E-state index contributed by atoms with van der Waals surface area (Å²) in [5, 5.41) is 5.78. The van der Waals surface area contributed by atoms with Gasteiger partial charge in [0.2, 0.25) is 5.82 Å². The summed E-state index contributed by atoms with van der Waals surface area (Å²) in [5.41, 5.74) is 5.28. The predicted octanol–water partition coefficient (Wildman–Crippen LogP) is 4.76. The van der Waals surface area contributed by atoms with Crippen LogP contribution in [0.15, 0.2) is 66.9 Å². The summed E-state index contributed by atoms with van der Waals surface area (Å²) >= 11 is 0. The van der Waals surface area contributed by atoms with Crippen LogP contribution in [-0.4, -0.2) is 21.2 Å². The molecule has 0 saturated carbocycles. The smallest absolute Gasteiger partial charge is 0.292 e. The Morgan fingerprint density at radius 3 is 2.47 bits per heavy atom. The zero-order chi connectivity index (χ0) is 21.3. The first-order valence-electron chi connectivity index (χ1n) is 9.66. The zero-order valence-electron chi connectivity index (χ0n) is 17.1. The van der Waals surface area contributed by atoms with Gasteiger partial charge in [-0.15, -0.1) is 0 Å². The number of carbonyl (C=O) groups excluding carboxylic acids is 2. The van der Waals surface area contributed by atoms with Crippen LogP contribution in [0.2, 0.25) is 0 Å². The van der Waals surface area contributed by atoms with E-state index in [9.17, 15) is 9.59 Å². The van der Waals surface area contributed by atoms with Crippen molar-refractivity contribution in [2.24, 2.45) is 0 Å². The molecule has 0 fully saturated rings. The van der Waals surface area contributed by atoms with Crippen molar-refractivity contribution >= 4 is 28.7 Å². The molecule has 0 spiro atoms. The molecule has 0 bridgehead atoms. The third-order valence-electron chi connectivity index (χ3n) is 5.10. The average Bonchev–Trinajstić information content (AvgIpc) is 3.11. The molecule has 2 amide bonds. The van der Waals surface area contributed by atoms with Gasteiger partial charge in [-0.3, -0.25) is 14.0 Å². The number of rotatable bonds is 4. The Hall–Kier alpha value is -3.93. The molecule has 4 rings (SSSR count). The van der Waals surface area contributed by atoms with E-state index in [1.54, 1.807) is 22.7 Å². The maximum Gasteiger partial charge on any atom is 0.292 e. The number of benzene rings is 2. The number of imidazole rings is 1. The number of hydrogen-bond donors (Lipinski definition) is 2. The summed E-state index contributed by atoms with van der Waals surface area (Å²) in [4.78, 5) is 30.3. The molecule has 6 heteroatoms. The number of carbonyl (C=O) groups is 2. The Labute approximate surface area is 174 Å². The van der Waals surface area contributed by atoms with E-state index in [2.05, 4.69) is 15.6 Å².